The summed E-state index contributed by atoms with van der Waals surface area (Å²) < 4.78 is 27.6. The Bertz CT molecular complexity index is 566. The van der Waals surface area contributed by atoms with Crippen molar-refractivity contribution in [1.29, 1.82) is 0 Å². The Kier molecular flexibility index (Phi) is 4.00. The lowest BCUT2D eigenvalue weighted by Gasteiger charge is -2.14. The third-order valence-electron chi connectivity index (χ3n) is 2.48. The van der Waals surface area contributed by atoms with Gasteiger partial charge < -0.3 is 5.11 Å². The Hall–Kier alpha value is -0.970. The van der Waals surface area contributed by atoms with Crippen molar-refractivity contribution in [3.63, 3.8) is 0 Å². The summed E-state index contributed by atoms with van der Waals surface area (Å²) in [6, 6.07) is 8.45. The Morgan fingerprint density at radius 3 is 2.28 bits per heavy atom. The number of benzene rings is 2. The van der Waals surface area contributed by atoms with E-state index in [4.69, 9.17) is 11.6 Å². The molecule has 0 bridgehead atoms. The topological polar surface area (TPSA) is 20.2 Å². The highest BCUT2D eigenvalue weighted by Gasteiger charge is 2.20. The van der Waals surface area contributed by atoms with Gasteiger partial charge in [-0.3, -0.25) is 0 Å². The zero-order valence-corrected chi connectivity index (χ0v) is 11.3. The van der Waals surface area contributed by atoms with E-state index in [9.17, 15) is 13.9 Å². The third kappa shape index (κ3) is 2.71. The number of aliphatic hydroxyl groups excluding tert-OH is 1. The van der Waals surface area contributed by atoms with Crippen LogP contribution in [0.25, 0.3) is 0 Å². The number of aliphatic hydroxyl groups is 1. The first kappa shape index (κ1) is 13.5. The molecule has 0 saturated heterocycles. The number of rotatable bonds is 2. The van der Waals surface area contributed by atoms with Gasteiger partial charge in [-0.1, -0.05) is 39.7 Å². The van der Waals surface area contributed by atoms with Crippen molar-refractivity contribution < 1.29 is 13.9 Å². The number of hydrogen-bond donors (Lipinski definition) is 1. The van der Waals surface area contributed by atoms with Crippen LogP contribution in [0.1, 0.15) is 17.2 Å². The first-order valence-electron chi connectivity index (χ1n) is 5.07. The molecule has 0 aromatic heterocycles. The molecule has 0 heterocycles. The van der Waals surface area contributed by atoms with Gasteiger partial charge in [-0.05, 0) is 29.8 Å². The zero-order valence-electron chi connectivity index (χ0n) is 9.00. The summed E-state index contributed by atoms with van der Waals surface area (Å²) in [5.74, 6) is -1.62. The van der Waals surface area contributed by atoms with Gasteiger partial charge in [0.2, 0.25) is 0 Å². The van der Waals surface area contributed by atoms with Crippen molar-refractivity contribution in [3.05, 3.63) is 68.7 Å². The fourth-order valence-electron chi connectivity index (χ4n) is 1.66. The summed E-state index contributed by atoms with van der Waals surface area (Å²) in [4.78, 5) is 0. The Morgan fingerprint density at radius 2 is 1.72 bits per heavy atom. The molecule has 0 aliphatic rings. The molecule has 18 heavy (non-hydrogen) atoms. The summed E-state index contributed by atoms with van der Waals surface area (Å²) in [6.07, 6.45) is -1.39. The first-order valence-corrected chi connectivity index (χ1v) is 6.24. The zero-order chi connectivity index (χ0) is 13.3. The maximum absolute atomic E-state index is 13.7. The van der Waals surface area contributed by atoms with E-state index < -0.39 is 17.7 Å². The maximum atomic E-state index is 13.7. The lowest BCUT2D eigenvalue weighted by Crippen LogP contribution is -2.06. The predicted octanol–water partition coefficient (Wildman–Crippen LogP) is 4.46. The van der Waals surface area contributed by atoms with Crippen LogP contribution in [0.4, 0.5) is 8.78 Å². The van der Waals surface area contributed by atoms with E-state index >= 15 is 0 Å². The van der Waals surface area contributed by atoms with Crippen LogP contribution in [-0.4, -0.2) is 5.11 Å². The van der Waals surface area contributed by atoms with Crippen molar-refractivity contribution in [2.45, 2.75) is 6.10 Å². The van der Waals surface area contributed by atoms with Gasteiger partial charge in [0.1, 0.15) is 17.7 Å². The molecule has 0 aliphatic heterocycles. The van der Waals surface area contributed by atoms with Crippen LogP contribution in [0.2, 0.25) is 5.02 Å². The van der Waals surface area contributed by atoms with Crippen LogP contribution in [0.5, 0.6) is 0 Å². The molecule has 0 amide bonds. The van der Waals surface area contributed by atoms with Crippen LogP contribution in [-0.2, 0) is 0 Å². The number of halogens is 4. The molecule has 2 aromatic rings. The van der Waals surface area contributed by atoms with Gasteiger partial charge >= 0.3 is 0 Å². The second-order valence-corrected chi connectivity index (χ2v) is 5.09. The van der Waals surface area contributed by atoms with Gasteiger partial charge in [0.25, 0.3) is 0 Å². The van der Waals surface area contributed by atoms with Gasteiger partial charge in [-0.25, -0.2) is 8.78 Å². The SMILES string of the molecule is OC(c1cccc(Cl)c1)c1c(F)cc(Br)cc1F. The van der Waals surface area contributed by atoms with Gasteiger partial charge in [-0.15, -0.1) is 0 Å². The van der Waals surface area contributed by atoms with E-state index in [1.807, 2.05) is 0 Å². The van der Waals surface area contributed by atoms with Crippen molar-refractivity contribution in [1.82, 2.24) is 0 Å². The quantitative estimate of drug-likeness (QED) is 0.860. The summed E-state index contributed by atoms with van der Waals surface area (Å²) >= 11 is 8.76. The van der Waals surface area contributed by atoms with Crippen molar-refractivity contribution in [2.24, 2.45) is 0 Å². The molecule has 0 saturated carbocycles. The molecule has 1 unspecified atom stereocenters. The summed E-state index contributed by atoms with van der Waals surface area (Å²) in [6.45, 7) is 0. The molecule has 1 nitrogen and oxygen atoms in total. The highest BCUT2D eigenvalue weighted by molar-refractivity contribution is 9.10. The van der Waals surface area contributed by atoms with Crippen molar-refractivity contribution in [2.75, 3.05) is 0 Å². The van der Waals surface area contributed by atoms with Gasteiger partial charge in [0.15, 0.2) is 0 Å². The average Bonchev–Trinajstić information content (AvgIpc) is 2.27. The summed E-state index contributed by atoms with van der Waals surface area (Å²) in [5.41, 5.74) is -0.0527. The monoisotopic (exact) mass is 332 g/mol. The van der Waals surface area contributed by atoms with Gasteiger partial charge in [0, 0.05) is 9.50 Å². The Morgan fingerprint density at radius 1 is 1.11 bits per heavy atom. The highest BCUT2D eigenvalue weighted by atomic mass is 79.9. The standard InChI is InChI=1S/C13H8BrClF2O/c14-8-5-10(16)12(11(17)6-8)13(18)7-2-1-3-9(15)4-7/h1-6,13,18H. The lowest BCUT2D eigenvalue weighted by atomic mass is 10.0. The molecule has 1 atom stereocenters. The van der Waals surface area contributed by atoms with E-state index in [-0.39, 0.29) is 10.0 Å². The molecule has 0 radical (unpaired) electrons. The molecule has 0 aliphatic carbocycles. The Balaban J connectivity index is 2.49. The minimum Gasteiger partial charge on any atom is -0.383 e. The number of hydrogen-bond acceptors (Lipinski definition) is 1. The van der Waals surface area contributed by atoms with Gasteiger partial charge in [-0.2, -0.15) is 0 Å². The smallest absolute Gasteiger partial charge is 0.133 e. The first-order chi connectivity index (χ1) is 8.49. The van der Waals surface area contributed by atoms with Crippen LogP contribution < -0.4 is 0 Å². The minimum absolute atomic E-state index is 0.277. The summed E-state index contributed by atoms with van der Waals surface area (Å²) in [7, 11) is 0. The van der Waals surface area contributed by atoms with E-state index in [1.165, 1.54) is 6.07 Å². The second-order valence-electron chi connectivity index (χ2n) is 3.74. The fraction of sp³-hybridized carbons (Fsp3) is 0.0769. The molecule has 2 aromatic carbocycles. The molecular weight excluding hydrogens is 325 g/mol. The summed E-state index contributed by atoms with van der Waals surface area (Å²) in [5, 5.41) is 10.4. The molecule has 1 N–H and O–H groups in total. The van der Waals surface area contributed by atoms with E-state index in [0.29, 0.717) is 10.6 Å². The fourth-order valence-corrected chi connectivity index (χ4v) is 2.26. The van der Waals surface area contributed by atoms with Crippen LogP contribution >= 0.6 is 27.5 Å². The molecule has 2 rings (SSSR count). The molecular formula is C13H8BrClF2O. The van der Waals surface area contributed by atoms with Crippen LogP contribution in [0.15, 0.2) is 40.9 Å². The van der Waals surface area contributed by atoms with Crippen molar-refractivity contribution in [3.8, 4) is 0 Å². The van der Waals surface area contributed by atoms with Crippen LogP contribution in [0.3, 0.4) is 0 Å². The van der Waals surface area contributed by atoms with Crippen LogP contribution in [0, 0.1) is 11.6 Å². The predicted molar refractivity (Wildman–Crippen MR) is 69.6 cm³/mol. The Labute approximate surface area is 116 Å². The lowest BCUT2D eigenvalue weighted by molar-refractivity contribution is 0.209. The molecule has 94 valence electrons. The minimum atomic E-state index is -1.39. The normalized spacial score (nSPS) is 12.5. The molecule has 5 heteroatoms. The average molecular weight is 334 g/mol. The van der Waals surface area contributed by atoms with E-state index in [2.05, 4.69) is 15.9 Å². The highest BCUT2D eigenvalue weighted by Crippen LogP contribution is 2.30. The third-order valence-corrected chi connectivity index (χ3v) is 3.17. The van der Waals surface area contributed by atoms with Gasteiger partial charge in [0.05, 0.1) is 5.56 Å². The van der Waals surface area contributed by atoms with E-state index in [0.717, 1.165) is 12.1 Å². The molecule has 0 spiro atoms. The van der Waals surface area contributed by atoms with Crippen molar-refractivity contribution >= 4 is 27.5 Å². The molecule has 0 fully saturated rings. The largest absolute Gasteiger partial charge is 0.383 e. The van der Waals surface area contributed by atoms with E-state index in [1.54, 1.807) is 18.2 Å². The second kappa shape index (κ2) is 5.34. The maximum Gasteiger partial charge on any atom is 0.133 e.